The third kappa shape index (κ3) is 21.6. The summed E-state index contributed by atoms with van der Waals surface area (Å²) >= 11 is 1.56. The minimum absolute atomic E-state index is 0.222. The number of rotatable bonds is 13. The van der Waals surface area contributed by atoms with Crippen LogP contribution in [0.1, 0.15) is 85.0 Å². The molecule has 22 heavy (non-hydrogen) atoms. The monoisotopic (exact) mass is 334 g/mol. The van der Waals surface area contributed by atoms with Gasteiger partial charge in [-0.15, -0.1) is 11.8 Å². The van der Waals surface area contributed by atoms with E-state index in [0.717, 1.165) is 12.2 Å². The summed E-state index contributed by atoms with van der Waals surface area (Å²) in [5.74, 6) is -0.445. The second-order valence-corrected chi connectivity index (χ2v) is 6.88. The van der Waals surface area contributed by atoms with Crippen LogP contribution < -0.4 is 0 Å². The van der Waals surface area contributed by atoms with Gasteiger partial charge in [-0.1, -0.05) is 65.2 Å². The number of carbonyl (C=O) groups is 2. The van der Waals surface area contributed by atoms with Crippen LogP contribution in [0.2, 0.25) is 0 Å². The van der Waals surface area contributed by atoms with Crippen molar-refractivity contribution in [2.75, 3.05) is 5.75 Å². The molecule has 5 heteroatoms. The van der Waals surface area contributed by atoms with Gasteiger partial charge in [-0.25, -0.2) is 0 Å². The zero-order valence-electron chi connectivity index (χ0n) is 14.5. The van der Waals surface area contributed by atoms with Gasteiger partial charge in [-0.2, -0.15) is 0 Å². The first-order valence-corrected chi connectivity index (χ1v) is 9.56. The highest BCUT2D eigenvalue weighted by Crippen LogP contribution is 2.15. The maximum absolute atomic E-state index is 10.6. The number of carboxylic acids is 2. The van der Waals surface area contributed by atoms with Crippen molar-refractivity contribution in [2.45, 2.75) is 90.2 Å². The van der Waals surface area contributed by atoms with Crippen molar-refractivity contribution in [2.24, 2.45) is 0 Å². The van der Waals surface area contributed by atoms with Crippen molar-refractivity contribution >= 4 is 23.7 Å². The average molecular weight is 335 g/mol. The molecule has 0 aliphatic carbocycles. The lowest BCUT2D eigenvalue weighted by molar-refractivity contribution is -0.137. The Morgan fingerprint density at radius 1 is 0.864 bits per heavy atom. The lowest BCUT2D eigenvalue weighted by Crippen LogP contribution is -2.11. The molecular weight excluding hydrogens is 300 g/mol. The molecule has 1 atom stereocenters. The lowest BCUT2D eigenvalue weighted by atomic mass is 10.1. The molecule has 0 saturated carbocycles. The molecule has 0 amide bonds. The fourth-order valence-electron chi connectivity index (χ4n) is 1.74. The molecule has 1 unspecified atom stereocenters. The summed E-state index contributed by atoms with van der Waals surface area (Å²) in [4.78, 5) is 19.9. The highest BCUT2D eigenvalue weighted by atomic mass is 32.2. The van der Waals surface area contributed by atoms with Gasteiger partial charge in [0.2, 0.25) is 0 Å². The van der Waals surface area contributed by atoms with Crippen LogP contribution in [0.5, 0.6) is 0 Å². The molecule has 0 spiro atoms. The van der Waals surface area contributed by atoms with Crippen molar-refractivity contribution < 1.29 is 19.8 Å². The summed E-state index contributed by atoms with van der Waals surface area (Å²) in [5, 5.41) is 16.2. The topological polar surface area (TPSA) is 74.6 Å². The van der Waals surface area contributed by atoms with Crippen molar-refractivity contribution in [1.29, 1.82) is 0 Å². The first-order valence-electron chi connectivity index (χ1n) is 8.51. The Bertz CT molecular complexity index is 269. The SMILES string of the molecule is CCC(=O)O.CCCCCCCCCCCSC(C)C(=O)O. The number of unbranched alkanes of at least 4 members (excludes halogenated alkanes) is 8. The molecule has 0 bridgehead atoms. The molecule has 0 fully saturated rings. The summed E-state index contributed by atoms with van der Waals surface area (Å²) < 4.78 is 0. The van der Waals surface area contributed by atoms with Gasteiger partial charge in [-0.3, -0.25) is 9.59 Å². The lowest BCUT2D eigenvalue weighted by Gasteiger charge is -2.05. The highest BCUT2D eigenvalue weighted by molar-refractivity contribution is 8.00. The van der Waals surface area contributed by atoms with Crippen LogP contribution >= 0.6 is 11.8 Å². The zero-order valence-corrected chi connectivity index (χ0v) is 15.3. The van der Waals surface area contributed by atoms with E-state index < -0.39 is 11.9 Å². The van der Waals surface area contributed by atoms with E-state index >= 15 is 0 Å². The maximum atomic E-state index is 10.6. The van der Waals surface area contributed by atoms with Gasteiger partial charge in [0.1, 0.15) is 0 Å². The smallest absolute Gasteiger partial charge is 0.316 e. The third-order valence-electron chi connectivity index (χ3n) is 3.27. The molecule has 0 heterocycles. The van der Waals surface area contributed by atoms with Crippen molar-refractivity contribution in [3.8, 4) is 0 Å². The largest absolute Gasteiger partial charge is 0.481 e. The number of hydrogen-bond donors (Lipinski definition) is 2. The molecule has 0 saturated heterocycles. The standard InChI is InChI=1S/C14H28O2S.C3H6O2/c1-3-4-5-6-7-8-9-10-11-12-17-13(2)14(15)16;1-2-3(4)5/h13H,3-12H2,1-2H3,(H,15,16);2H2,1H3,(H,4,5). The Morgan fingerprint density at radius 2 is 1.27 bits per heavy atom. The molecule has 132 valence electrons. The molecule has 0 aromatic rings. The van der Waals surface area contributed by atoms with E-state index in [1.165, 1.54) is 51.4 Å². The van der Waals surface area contributed by atoms with E-state index in [1.54, 1.807) is 25.6 Å². The summed E-state index contributed by atoms with van der Waals surface area (Å²) in [6, 6.07) is 0. The van der Waals surface area contributed by atoms with E-state index in [9.17, 15) is 9.59 Å². The Balaban J connectivity index is 0. The molecule has 2 N–H and O–H groups in total. The molecule has 0 aromatic heterocycles. The van der Waals surface area contributed by atoms with Crippen LogP contribution in [0.15, 0.2) is 0 Å². The summed E-state index contributed by atoms with van der Waals surface area (Å²) in [7, 11) is 0. The Kier molecular flexibility index (Phi) is 19.6. The van der Waals surface area contributed by atoms with E-state index in [1.807, 2.05) is 0 Å². The van der Waals surface area contributed by atoms with E-state index in [0.29, 0.717) is 0 Å². The van der Waals surface area contributed by atoms with Gasteiger partial charge in [0.15, 0.2) is 0 Å². The van der Waals surface area contributed by atoms with Crippen LogP contribution in [-0.2, 0) is 9.59 Å². The second-order valence-electron chi connectivity index (χ2n) is 5.43. The molecule has 0 aliphatic heterocycles. The van der Waals surface area contributed by atoms with Gasteiger partial charge >= 0.3 is 11.9 Å². The molecule has 0 aromatic carbocycles. The molecular formula is C17H34O4S. The van der Waals surface area contributed by atoms with Crippen LogP contribution in [0, 0.1) is 0 Å². The van der Waals surface area contributed by atoms with E-state index in [-0.39, 0.29) is 11.7 Å². The van der Waals surface area contributed by atoms with Crippen LogP contribution in [0.25, 0.3) is 0 Å². The van der Waals surface area contributed by atoms with Gasteiger partial charge in [0.25, 0.3) is 0 Å². The van der Waals surface area contributed by atoms with Gasteiger partial charge in [-0.05, 0) is 19.1 Å². The normalized spacial score (nSPS) is 11.4. The van der Waals surface area contributed by atoms with Gasteiger partial charge in [0, 0.05) is 6.42 Å². The number of carboxylic acid groups (broad SMARTS) is 2. The van der Waals surface area contributed by atoms with Crippen molar-refractivity contribution in [3.05, 3.63) is 0 Å². The van der Waals surface area contributed by atoms with Crippen molar-refractivity contribution in [3.63, 3.8) is 0 Å². The van der Waals surface area contributed by atoms with E-state index in [2.05, 4.69) is 6.92 Å². The molecule has 0 radical (unpaired) electrons. The van der Waals surface area contributed by atoms with Crippen molar-refractivity contribution in [1.82, 2.24) is 0 Å². The predicted molar refractivity (Wildman–Crippen MR) is 94.7 cm³/mol. The zero-order chi connectivity index (χ0) is 17.2. The third-order valence-corrected chi connectivity index (χ3v) is 4.49. The van der Waals surface area contributed by atoms with Crippen LogP contribution in [0.4, 0.5) is 0 Å². The summed E-state index contributed by atoms with van der Waals surface area (Å²) in [5.41, 5.74) is 0. The Labute approximate surface area is 140 Å². The fourth-order valence-corrected chi connectivity index (χ4v) is 2.61. The molecule has 0 rings (SSSR count). The Hall–Kier alpha value is -0.710. The number of aliphatic carboxylic acids is 2. The van der Waals surface area contributed by atoms with Crippen LogP contribution in [-0.4, -0.2) is 33.2 Å². The maximum Gasteiger partial charge on any atom is 0.316 e. The quantitative estimate of drug-likeness (QED) is 0.452. The molecule has 0 aliphatic rings. The summed E-state index contributed by atoms with van der Waals surface area (Å²) in [6.45, 7) is 5.61. The van der Waals surface area contributed by atoms with Gasteiger partial charge in [0.05, 0.1) is 5.25 Å². The summed E-state index contributed by atoms with van der Waals surface area (Å²) in [6.07, 6.45) is 12.2. The molecule has 4 nitrogen and oxygen atoms in total. The Morgan fingerprint density at radius 3 is 1.64 bits per heavy atom. The van der Waals surface area contributed by atoms with Crippen LogP contribution in [0.3, 0.4) is 0 Å². The number of thioether (sulfide) groups is 1. The minimum Gasteiger partial charge on any atom is -0.481 e. The second kappa shape index (κ2) is 18.3. The predicted octanol–water partition coefficient (Wildman–Crippen LogP) is 5.20. The van der Waals surface area contributed by atoms with Gasteiger partial charge < -0.3 is 10.2 Å². The fraction of sp³-hybridized carbons (Fsp3) is 0.882. The highest BCUT2D eigenvalue weighted by Gasteiger charge is 2.09. The van der Waals surface area contributed by atoms with E-state index in [4.69, 9.17) is 10.2 Å². The first-order chi connectivity index (χ1) is 10.5. The number of hydrogen-bond acceptors (Lipinski definition) is 3. The average Bonchev–Trinajstić information content (AvgIpc) is 2.49. The minimum atomic E-state index is -0.745. The first kappa shape index (κ1) is 23.6.